The molecule has 0 unspecified atom stereocenters. The Kier molecular flexibility index (Phi) is 4.30. The molecule has 5 rings (SSSR count). The monoisotopic (exact) mass is 419 g/mol. The van der Waals surface area contributed by atoms with Crippen molar-refractivity contribution in [3.05, 3.63) is 81.5 Å². The van der Waals surface area contributed by atoms with Gasteiger partial charge in [0.1, 0.15) is 4.83 Å². The lowest BCUT2D eigenvalue weighted by molar-refractivity contribution is 0.0684. The summed E-state index contributed by atoms with van der Waals surface area (Å²) in [6.45, 7) is 0. The number of carbonyl (C=O) groups is 2. The second-order valence-corrected chi connectivity index (χ2v) is 8.22. The second-order valence-electron chi connectivity index (χ2n) is 6.42. The molecule has 0 aliphatic carbocycles. The topological polar surface area (TPSA) is 83.1 Å². The highest BCUT2D eigenvalue weighted by Gasteiger charge is 2.35. The molecular formula is C21H13N3O3S2. The third-order valence-corrected chi connectivity index (χ3v) is 6.44. The highest BCUT2D eigenvalue weighted by atomic mass is 32.2. The molecule has 0 saturated carbocycles. The third-order valence-electron chi connectivity index (χ3n) is 4.72. The Balaban J connectivity index is 1.42. The fraction of sp³-hybridized carbons (Fsp3) is 0.0476. The Morgan fingerprint density at radius 1 is 0.897 bits per heavy atom. The van der Waals surface area contributed by atoms with Gasteiger partial charge in [0.25, 0.3) is 17.4 Å². The molecule has 0 spiro atoms. The molecule has 0 saturated heterocycles. The van der Waals surface area contributed by atoms with Crippen LogP contribution in [0.4, 0.5) is 0 Å². The Hall–Kier alpha value is -3.23. The first-order valence-electron chi connectivity index (χ1n) is 8.78. The van der Waals surface area contributed by atoms with Crippen molar-refractivity contribution in [1.82, 2.24) is 14.9 Å². The van der Waals surface area contributed by atoms with Gasteiger partial charge in [-0.05, 0) is 17.7 Å². The largest absolute Gasteiger partial charge is 0.301 e. The molecule has 4 aromatic rings. The van der Waals surface area contributed by atoms with Gasteiger partial charge >= 0.3 is 0 Å². The zero-order valence-electron chi connectivity index (χ0n) is 14.9. The van der Waals surface area contributed by atoms with Gasteiger partial charge in [-0.15, -0.1) is 11.3 Å². The zero-order valence-corrected chi connectivity index (χ0v) is 16.5. The van der Waals surface area contributed by atoms with E-state index in [1.165, 1.54) is 16.2 Å². The quantitative estimate of drug-likeness (QED) is 0.307. The molecule has 2 amide bonds. The zero-order chi connectivity index (χ0) is 20.0. The number of aromatic amines is 1. The number of H-pyrrole nitrogens is 1. The normalized spacial score (nSPS) is 13.3. The lowest BCUT2D eigenvalue weighted by Gasteiger charge is -2.12. The van der Waals surface area contributed by atoms with E-state index in [-0.39, 0.29) is 23.3 Å². The van der Waals surface area contributed by atoms with E-state index in [4.69, 9.17) is 0 Å². The number of hydrogen-bond donors (Lipinski definition) is 1. The van der Waals surface area contributed by atoms with Crippen molar-refractivity contribution in [2.45, 2.75) is 5.16 Å². The number of carbonyl (C=O) groups excluding carboxylic acids is 2. The van der Waals surface area contributed by atoms with Crippen LogP contribution in [0.3, 0.4) is 0 Å². The minimum absolute atomic E-state index is 0.0811. The van der Waals surface area contributed by atoms with Crippen molar-refractivity contribution in [3.63, 3.8) is 0 Å². The van der Waals surface area contributed by atoms with E-state index in [9.17, 15) is 14.4 Å². The number of thioether (sulfide) groups is 1. The first kappa shape index (κ1) is 17.8. The smallest absolute Gasteiger partial charge is 0.262 e. The maximum Gasteiger partial charge on any atom is 0.262 e. The highest BCUT2D eigenvalue weighted by Crippen LogP contribution is 2.32. The van der Waals surface area contributed by atoms with Gasteiger partial charge in [-0.1, -0.05) is 54.2 Å². The van der Waals surface area contributed by atoms with Crippen molar-refractivity contribution >= 4 is 45.1 Å². The SMILES string of the molecule is O=C1c2ccccc2C(=O)N1CSc1nc2scc(-c3ccccc3)c2c(=O)[nH]1. The predicted octanol–water partition coefficient (Wildman–Crippen LogP) is 4.00. The van der Waals surface area contributed by atoms with E-state index in [1.54, 1.807) is 24.3 Å². The molecule has 8 heteroatoms. The number of amides is 2. The highest BCUT2D eigenvalue weighted by molar-refractivity contribution is 7.99. The van der Waals surface area contributed by atoms with Crippen molar-refractivity contribution in [3.8, 4) is 11.1 Å². The molecule has 29 heavy (non-hydrogen) atoms. The number of rotatable bonds is 4. The molecule has 142 valence electrons. The van der Waals surface area contributed by atoms with Gasteiger partial charge in [0.2, 0.25) is 0 Å². The van der Waals surface area contributed by atoms with Crippen LogP contribution in [0.2, 0.25) is 0 Å². The van der Waals surface area contributed by atoms with Gasteiger partial charge in [-0.25, -0.2) is 4.98 Å². The Morgan fingerprint density at radius 2 is 1.55 bits per heavy atom. The average Bonchev–Trinajstić information content (AvgIpc) is 3.28. The standard InChI is InChI=1S/C21H13N3O3S2/c25-17-16-15(12-6-2-1-3-7-12)10-28-18(16)23-21(22-17)29-11-24-19(26)13-8-4-5-9-14(13)20(24)27/h1-10H,11H2,(H,22,23,25). The van der Waals surface area contributed by atoms with E-state index >= 15 is 0 Å². The fourth-order valence-corrected chi connectivity index (χ4v) is 5.12. The minimum Gasteiger partial charge on any atom is -0.301 e. The van der Waals surface area contributed by atoms with Crippen LogP contribution in [-0.2, 0) is 0 Å². The molecule has 0 atom stereocenters. The van der Waals surface area contributed by atoms with Gasteiger partial charge in [0.05, 0.1) is 22.4 Å². The summed E-state index contributed by atoms with van der Waals surface area (Å²) in [5.74, 6) is -0.578. The lowest BCUT2D eigenvalue weighted by atomic mass is 10.1. The summed E-state index contributed by atoms with van der Waals surface area (Å²) in [5, 5.41) is 2.84. The summed E-state index contributed by atoms with van der Waals surface area (Å²) >= 11 is 2.55. The molecule has 1 aliphatic rings. The first-order chi connectivity index (χ1) is 14.1. The summed E-state index contributed by atoms with van der Waals surface area (Å²) in [5.41, 5.74) is 2.37. The lowest BCUT2D eigenvalue weighted by Crippen LogP contribution is -2.29. The van der Waals surface area contributed by atoms with E-state index in [1.807, 2.05) is 35.7 Å². The van der Waals surface area contributed by atoms with Gasteiger partial charge in [0.15, 0.2) is 5.16 Å². The van der Waals surface area contributed by atoms with Crippen LogP contribution in [0.1, 0.15) is 20.7 Å². The van der Waals surface area contributed by atoms with E-state index < -0.39 is 0 Å². The Labute approximate surface area is 173 Å². The van der Waals surface area contributed by atoms with Crippen LogP contribution in [0.5, 0.6) is 0 Å². The second kappa shape index (κ2) is 6.98. The molecule has 1 aliphatic heterocycles. The molecule has 0 radical (unpaired) electrons. The predicted molar refractivity (Wildman–Crippen MR) is 113 cm³/mol. The number of fused-ring (bicyclic) bond motifs is 2. The average molecular weight is 419 g/mol. The number of thiophene rings is 1. The number of hydrogen-bond acceptors (Lipinski definition) is 6. The molecule has 1 N–H and O–H groups in total. The molecule has 2 aromatic heterocycles. The maximum atomic E-state index is 12.7. The van der Waals surface area contributed by atoms with Crippen LogP contribution in [0, 0.1) is 0 Å². The third kappa shape index (κ3) is 2.97. The minimum atomic E-state index is -0.330. The molecule has 3 heterocycles. The number of benzene rings is 2. The number of aromatic nitrogens is 2. The van der Waals surface area contributed by atoms with Crippen molar-refractivity contribution < 1.29 is 9.59 Å². The van der Waals surface area contributed by atoms with Crippen LogP contribution in [0.25, 0.3) is 21.3 Å². The van der Waals surface area contributed by atoms with Gasteiger partial charge in [0, 0.05) is 10.9 Å². The summed E-state index contributed by atoms with van der Waals surface area (Å²) in [6, 6.07) is 16.4. The maximum absolute atomic E-state index is 12.7. The van der Waals surface area contributed by atoms with Crippen LogP contribution in [0.15, 0.2) is 69.9 Å². The first-order valence-corrected chi connectivity index (χ1v) is 10.6. The molecule has 6 nitrogen and oxygen atoms in total. The van der Waals surface area contributed by atoms with Crippen LogP contribution >= 0.6 is 23.1 Å². The molecule has 0 fully saturated rings. The Morgan fingerprint density at radius 3 is 2.24 bits per heavy atom. The Bertz CT molecular complexity index is 1290. The van der Waals surface area contributed by atoms with Gasteiger partial charge < -0.3 is 4.98 Å². The van der Waals surface area contributed by atoms with E-state index in [0.29, 0.717) is 26.5 Å². The fourth-order valence-electron chi connectivity index (χ4n) is 3.31. The van der Waals surface area contributed by atoms with Gasteiger partial charge in [-0.3, -0.25) is 19.3 Å². The molecular weight excluding hydrogens is 406 g/mol. The summed E-state index contributed by atoms with van der Waals surface area (Å²) in [4.78, 5) is 46.7. The van der Waals surface area contributed by atoms with E-state index in [0.717, 1.165) is 22.9 Å². The van der Waals surface area contributed by atoms with Crippen molar-refractivity contribution in [2.24, 2.45) is 0 Å². The van der Waals surface area contributed by atoms with Crippen LogP contribution in [-0.4, -0.2) is 32.6 Å². The molecule has 0 bridgehead atoms. The van der Waals surface area contributed by atoms with Gasteiger partial charge in [-0.2, -0.15) is 0 Å². The number of imide groups is 1. The summed E-state index contributed by atoms with van der Waals surface area (Å²) < 4.78 is 0. The number of nitrogens with zero attached hydrogens (tertiary/aromatic N) is 2. The van der Waals surface area contributed by atoms with Crippen molar-refractivity contribution in [1.29, 1.82) is 0 Å². The van der Waals surface area contributed by atoms with E-state index in [2.05, 4.69) is 9.97 Å². The van der Waals surface area contributed by atoms with Crippen LogP contribution < -0.4 is 5.56 Å². The van der Waals surface area contributed by atoms with Crippen molar-refractivity contribution in [2.75, 3.05) is 5.88 Å². The number of nitrogens with one attached hydrogen (secondary N) is 1. The summed E-state index contributed by atoms with van der Waals surface area (Å²) in [7, 11) is 0. The molecule has 2 aromatic carbocycles. The summed E-state index contributed by atoms with van der Waals surface area (Å²) in [6.07, 6.45) is 0.